The van der Waals surface area contributed by atoms with Crippen LogP contribution in [-0.4, -0.2) is 150 Å². The van der Waals surface area contributed by atoms with Gasteiger partial charge in [0, 0.05) is 117 Å². The molecule has 18 rings (SSSR count). The molecule has 10 heterocycles. The van der Waals surface area contributed by atoms with Gasteiger partial charge in [-0.2, -0.15) is 18.2 Å². The monoisotopic (exact) mass is 2490 g/mol. The summed E-state index contributed by atoms with van der Waals surface area (Å²) in [6.07, 6.45) is 24.7. The first kappa shape index (κ1) is 106. The molecule has 0 saturated carbocycles. The fraction of sp³-hybridized carbons (Fsp3) is 0.453. The zero-order chi connectivity index (χ0) is 80.5. The molecule has 10 aliphatic rings. The van der Waals surface area contributed by atoms with Crippen molar-refractivity contribution in [3.63, 3.8) is 0 Å². The van der Waals surface area contributed by atoms with E-state index >= 15 is 0 Å². The van der Waals surface area contributed by atoms with Crippen molar-refractivity contribution in [2.45, 2.75) is 227 Å². The van der Waals surface area contributed by atoms with Gasteiger partial charge in [0.1, 0.15) is 28.7 Å². The number of ether oxygens (including phenoxy) is 4. The van der Waals surface area contributed by atoms with Gasteiger partial charge in [0.15, 0.2) is 0 Å². The summed E-state index contributed by atoms with van der Waals surface area (Å²) in [5.74, 6) is 5.86. The first-order chi connectivity index (χ1) is 55.1. The van der Waals surface area contributed by atoms with E-state index in [4.69, 9.17) is 18.9 Å². The van der Waals surface area contributed by atoms with Crippen LogP contribution in [0.3, 0.4) is 0 Å². The molecule has 10 bridgehead atoms. The molecule has 12 nitrogen and oxygen atoms in total. The number of carbonyl (C=O) groups is 1. The fourth-order valence-corrected chi connectivity index (χ4v) is 18.5. The van der Waals surface area contributed by atoms with Gasteiger partial charge in [-0.15, -0.1) is 12.1 Å². The van der Waals surface area contributed by atoms with Gasteiger partial charge in [0.05, 0.1) is 36.5 Å². The van der Waals surface area contributed by atoms with E-state index in [-0.39, 0.29) is 66.0 Å². The molecule has 9 saturated heterocycles. The number of Topliss-reactive ketones (excluding diaryl/α,β-unsaturated/α-hetero) is 1. The van der Waals surface area contributed by atoms with E-state index in [1.807, 2.05) is 94.3 Å². The number of fused-ring (bicyclic) bond motifs is 10. The standard InChI is InChI=1S/C21H25NO2.C21H23NO.C14H19NO.C14H17NO.C13H17NO.C7H7O.CHI3.CH2I2.CH3I.CH2I.CH4.BrH.Mg.V/c1-24-20-9-5-8-17(12-20)21(23)13-18-10-11-19(14-21)22(18)15-16-6-3-2-4-7-16;1-23-21-9-5-8-17(14-21)18-12-19-10-11-20(13-18)22(19)15-16-6-3-2-4-7-16;1-16-14-4-2-3-10(9-14)11-7-12-5-6-13(8-11)15-12;16-14-8-12-6-7-13(9-14)15(12)10-11-4-2-1-3-5-11;15-13-3-1-2-9(8-13)10-6-11-4-5-12(7-10)14-11;1-8-7-5-3-2-4-6-7;2-1(3)4;2-1-3;2*1-2;;;;/h2-9,12,18-19,23H,10-11,13-15H2,1H3;2-9,12,14,19-20H,10-11,13,15H2,1H3;2-4,9,11-13,15H,5-8H2,1H3;1-5,12-13H,6-10H2;1-3,8,10-12,14-15H,4-7H2;2-3,5-6H,1H3;1H;1H2;1H3;1H2;1H4;1H;;/q;;;;;-1;;;;-1;;;+2;/p-1/t;;11?,12-,13+;;10?,11-,12+;;;;;;;;;. The average molecular weight is 2490 g/mol. The number of nitrogens with one attached hydrogen (secondary N) is 2. The summed E-state index contributed by atoms with van der Waals surface area (Å²) in [6.45, 7) is 3.08. The van der Waals surface area contributed by atoms with Crippen molar-refractivity contribution < 1.29 is 69.5 Å². The van der Waals surface area contributed by atoms with E-state index in [1.165, 1.54) is 131 Å². The maximum atomic E-state index is 11.5. The number of benzene rings is 8. The van der Waals surface area contributed by atoms with Crippen molar-refractivity contribution in [3.05, 3.63) is 268 Å². The molecule has 0 amide bonds. The predicted octanol–water partition coefficient (Wildman–Crippen LogP) is 21.1. The van der Waals surface area contributed by atoms with E-state index in [0.717, 1.165) is 110 Å². The van der Waals surface area contributed by atoms with Crippen molar-refractivity contribution in [1.82, 2.24) is 25.3 Å². The van der Waals surface area contributed by atoms with Crippen molar-refractivity contribution in [1.29, 1.82) is 0 Å². The van der Waals surface area contributed by atoms with Crippen molar-refractivity contribution >= 4 is 193 Å². The molecule has 22 heteroatoms. The first-order valence-corrected chi connectivity index (χ1v) is 50.3. The smallest absolute Gasteiger partial charge is 1.00 e. The van der Waals surface area contributed by atoms with Crippen molar-refractivity contribution in [2.75, 3.05) is 35.8 Å². The molecule has 631 valence electrons. The fourth-order valence-electron chi connectivity index (χ4n) is 18.5. The molecule has 10 aliphatic heterocycles. The largest absolute Gasteiger partial charge is 2.00 e. The molecule has 0 aliphatic carbocycles. The van der Waals surface area contributed by atoms with Crippen LogP contribution in [0, 0.1) is 11.0 Å². The summed E-state index contributed by atoms with van der Waals surface area (Å²) < 4.78 is 22.8. The number of phenolic OH excluding ortho intramolecular Hbond substituents is 1. The summed E-state index contributed by atoms with van der Waals surface area (Å²) in [6, 6.07) is 81.3. The van der Waals surface area contributed by atoms with Gasteiger partial charge in [-0.3, -0.25) is 24.4 Å². The third-order valence-electron chi connectivity index (χ3n) is 23.6. The Morgan fingerprint density at radius 3 is 1.32 bits per heavy atom. The number of rotatable bonds is 14. The average Bonchev–Trinajstić information content (AvgIpc) is 1.65. The van der Waals surface area contributed by atoms with Crippen LogP contribution in [0.15, 0.2) is 218 Å². The number of ketones is 1. The van der Waals surface area contributed by atoms with Crippen LogP contribution in [0.1, 0.15) is 180 Å². The van der Waals surface area contributed by atoms with E-state index < -0.39 is 5.60 Å². The second-order valence-corrected chi connectivity index (χ2v) is 45.9. The summed E-state index contributed by atoms with van der Waals surface area (Å²) in [7, 11) is 6.80. The number of phenols is 1. The Morgan fingerprint density at radius 2 is 0.880 bits per heavy atom. The Bertz CT molecular complexity index is 4030. The second-order valence-electron chi connectivity index (χ2n) is 30.6. The molecular weight excluding hydrogens is 2370 g/mol. The van der Waals surface area contributed by atoms with Crippen LogP contribution in [0.5, 0.6) is 28.7 Å². The van der Waals surface area contributed by atoms with E-state index in [2.05, 4.69) is 311 Å². The zero-order valence-corrected chi connectivity index (χ0v) is 87.2. The Labute approximate surface area is 836 Å². The normalized spacial score (nSPS) is 24.8. The number of methoxy groups -OCH3 is 4. The molecule has 1 radical (unpaired) electrons. The third kappa shape index (κ3) is 33.9. The SMILES string of the molecule is C.CI.COc1c[c-]ccc1.COc1cccc(C2(O)CC3CCC(C2)N3Cc2ccccc2)c1.COc1cccc(C2=CC3CCC(C2)N3Cc2ccccc2)c1.COc1cccc(C2C[C@H]3CC[C@@H](C2)N3)c1.IC(I)I.ICI.O=C1CC2CCC(C1)N2Cc1ccccc1.Oc1cccc(C2C[C@H]3CC[C@@H](C2)N3)c1.[Br-].[CH2-]I.[Mg+2].[V]. The minimum Gasteiger partial charge on any atom is -1.00 e. The summed E-state index contributed by atoms with van der Waals surface area (Å²) >= 11 is 15.6. The van der Waals surface area contributed by atoms with E-state index in [0.29, 0.717) is 53.7 Å². The second kappa shape index (κ2) is 57.6. The van der Waals surface area contributed by atoms with Gasteiger partial charge < -0.3 is 79.4 Å². The van der Waals surface area contributed by atoms with Gasteiger partial charge in [0.2, 0.25) is 0 Å². The Morgan fingerprint density at radius 1 is 0.496 bits per heavy atom. The number of nitrogens with zero attached hydrogens (tertiary/aromatic N) is 3. The molecule has 12 atom stereocenters. The van der Waals surface area contributed by atoms with E-state index in [9.17, 15) is 15.0 Å². The number of hydrogen-bond acceptors (Lipinski definition) is 12. The number of aromatic hydroxyl groups is 1. The molecular formula is C95H120BrI7MgN5O7V-. The predicted molar refractivity (Wildman–Crippen MR) is 540 cm³/mol. The number of hydrogen-bond donors (Lipinski definition) is 4. The Hall–Kier alpha value is -1.13. The molecule has 117 heavy (non-hydrogen) atoms. The number of aliphatic hydroxyl groups is 1. The van der Waals surface area contributed by atoms with Crippen molar-refractivity contribution in [3.8, 4) is 28.7 Å². The van der Waals surface area contributed by atoms with Gasteiger partial charge in [-0.1, -0.05) is 289 Å². The van der Waals surface area contributed by atoms with Gasteiger partial charge in [-0.25, -0.2) is 0 Å². The van der Waals surface area contributed by atoms with Crippen LogP contribution >= 0.6 is 158 Å². The van der Waals surface area contributed by atoms with Crippen LogP contribution in [-0.2, 0) is 48.6 Å². The van der Waals surface area contributed by atoms with Crippen LogP contribution in [0.2, 0.25) is 0 Å². The van der Waals surface area contributed by atoms with Crippen LogP contribution in [0.4, 0.5) is 0 Å². The van der Waals surface area contributed by atoms with Crippen molar-refractivity contribution in [2.24, 2.45) is 0 Å². The molecule has 4 N–H and O–H groups in total. The summed E-state index contributed by atoms with van der Waals surface area (Å²) in [5, 5.41) is 28.2. The van der Waals surface area contributed by atoms with Gasteiger partial charge in [-0.05, 0) is 219 Å². The number of alkyl halides is 6. The van der Waals surface area contributed by atoms with Gasteiger partial charge in [0.25, 0.3) is 0 Å². The maximum absolute atomic E-state index is 11.5. The number of carbonyl (C=O) groups excluding carboxylic acids is 1. The zero-order valence-electron chi connectivity index (χ0n) is 67.7. The number of halogens is 8. The number of piperidine rings is 4. The molecule has 0 spiro atoms. The summed E-state index contributed by atoms with van der Waals surface area (Å²) in [4.78, 5) is 24.5. The first-order valence-electron chi connectivity index (χ1n) is 39.8. The molecule has 8 unspecified atom stereocenters. The van der Waals surface area contributed by atoms with Crippen LogP contribution in [0.25, 0.3) is 5.57 Å². The Kier molecular flexibility index (Phi) is 52.3. The summed E-state index contributed by atoms with van der Waals surface area (Å²) in [5.41, 5.74) is 10.00. The minimum atomic E-state index is -0.729. The maximum Gasteiger partial charge on any atom is 2.00 e. The molecule has 0 aromatic heterocycles. The van der Waals surface area contributed by atoms with Gasteiger partial charge >= 0.3 is 23.1 Å². The van der Waals surface area contributed by atoms with E-state index in [1.54, 1.807) is 40.6 Å². The minimum absolute atomic E-state index is 0. The molecule has 9 fully saturated rings. The van der Waals surface area contributed by atoms with Crippen LogP contribution < -0.4 is 46.6 Å². The topological polar surface area (TPSA) is 128 Å². The quantitative estimate of drug-likeness (QED) is 0.0358. The third-order valence-corrected chi connectivity index (χ3v) is 23.6. The molecule has 8 aromatic carbocycles. The Balaban J connectivity index is 0.000000247. The molecule has 8 aromatic rings.